The largest absolute Gasteiger partial charge is 0.464 e. The van der Waals surface area contributed by atoms with E-state index in [-0.39, 0.29) is 12.0 Å². The van der Waals surface area contributed by atoms with Crippen molar-refractivity contribution in [2.45, 2.75) is 25.8 Å². The van der Waals surface area contributed by atoms with Crippen LogP contribution in [0.3, 0.4) is 0 Å². The van der Waals surface area contributed by atoms with Gasteiger partial charge in [-0.25, -0.2) is 5.32 Å². The highest BCUT2D eigenvalue weighted by atomic mass is 16.5. The van der Waals surface area contributed by atoms with E-state index < -0.39 is 0 Å². The highest BCUT2D eigenvalue weighted by molar-refractivity contribution is 5.65. The number of hydrogen-bond acceptors (Lipinski definition) is 2. The van der Waals surface area contributed by atoms with Crippen LogP contribution in [0.1, 0.15) is 19.8 Å². The molecule has 0 amide bonds. The number of carbonyl (C=O) groups excluding carboxylic acids is 1. The van der Waals surface area contributed by atoms with Crippen LogP contribution in [0.5, 0.6) is 0 Å². The van der Waals surface area contributed by atoms with E-state index in [0.717, 1.165) is 19.4 Å². The Morgan fingerprint density at radius 1 is 1.80 bits per heavy atom. The van der Waals surface area contributed by atoms with Gasteiger partial charge in [-0.3, -0.25) is 4.79 Å². The highest BCUT2D eigenvalue weighted by Crippen LogP contribution is 2.06. The topological polar surface area (TPSA) is 40.4 Å². The lowest BCUT2D eigenvalue weighted by Gasteiger charge is -2.06. The molecule has 1 unspecified atom stereocenters. The molecule has 0 N–H and O–H groups in total. The average Bonchev–Trinajstić information content (AvgIpc) is 2.34. The summed E-state index contributed by atoms with van der Waals surface area (Å²) in [6, 6.07) is 0.281. The van der Waals surface area contributed by atoms with Crippen LogP contribution in [-0.2, 0) is 9.53 Å². The van der Waals surface area contributed by atoms with Gasteiger partial charge >= 0.3 is 5.97 Å². The van der Waals surface area contributed by atoms with Gasteiger partial charge in [-0.15, -0.1) is 0 Å². The fourth-order valence-corrected chi connectivity index (χ4v) is 1.04. The summed E-state index contributed by atoms with van der Waals surface area (Å²) < 4.78 is 4.79. The van der Waals surface area contributed by atoms with Crippen LogP contribution in [-0.4, -0.2) is 25.2 Å². The van der Waals surface area contributed by atoms with Crippen molar-refractivity contribution in [1.82, 2.24) is 5.32 Å². The fraction of sp³-hybridized carbons (Fsp3) is 0.857. The Bertz CT molecular complexity index is 119. The molecule has 0 aromatic heterocycles. The summed E-state index contributed by atoms with van der Waals surface area (Å²) in [4.78, 5) is 10.3. The van der Waals surface area contributed by atoms with Gasteiger partial charge in [0.2, 0.25) is 0 Å². The molecule has 0 saturated carbocycles. The van der Waals surface area contributed by atoms with Crippen LogP contribution in [0.15, 0.2) is 0 Å². The zero-order valence-corrected chi connectivity index (χ0v) is 6.17. The lowest BCUT2D eigenvalue weighted by Crippen LogP contribution is -2.22. The number of carbonyl (C=O) groups is 1. The summed E-state index contributed by atoms with van der Waals surface area (Å²) >= 11 is 0. The van der Waals surface area contributed by atoms with Gasteiger partial charge in [0.15, 0.2) is 0 Å². The second-order valence-corrected chi connectivity index (χ2v) is 2.50. The molecule has 1 rings (SSSR count). The van der Waals surface area contributed by atoms with Crippen molar-refractivity contribution in [2.75, 3.05) is 13.2 Å². The summed E-state index contributed by atoms with van der Waals surface area (Å²) in [5.41, 5.74) is 0. The average molecular weight is 142 g/mol. The zero-order valence-electron chi connectivity index (χ0n) is 6.17. The molecule has 1 aliphatic rings. The van der Waals surface area contributed by atoms with E-state index in [1.807, 2.05) is 0 Å². The molecule has 1 fully saturated rings. The van der Waals surface area contributed by atoms with Crippen molar-refractivity contribution in [3.05, 3.63) is 0 Å². The molecule has 3 nitrogen and oxygen atoms in total. The quantitative estimate of drug-likeness (QED) is 0.521. The molecule has 1 aliphatic heterocycles. The minimum Gasteiger partial charge on any atom is -0.464 e. The van der Waals surface area contributed by atoms with E-state index >= 15 is 0 Å². The van der Waals surface area contributed by atoms with Crippen molar-refractivity contribution >= 4 is 5.97 Å². The molecule has 10 heavy (non-hydrogen) atoms. The summed E-state index contributed by atoms with van der Waals surface area (Å²) in [5, 5.41) is 4.23. The molecular formula is C7H12NO2. The number of nitrogens with zero attached hydrogens (tertiary/aromatic N) is 1. The van der Waals surface area contributed by atoms with E-state index in [9.17, 15) is 4.79 Å². The first-order valence-corrected chi connectivity index (χ1v) is 3.59. The lowest BCUT2D eigenvalue weighted by atomic mass is 10.2. The maximum Gasteiger partial charge on any atom is 0.302 e. The SMILES string of the molecule is CC(=O)OCC1CCC[N]1. The number of ether oxygens (including phenoxy) is 1. The van der Waals surface area contributed by atoms with Crippen molar-refractivity contribution in [1.29, 1.82) is 0 Å². The van der Waals surface area contributed by atoms with Gasteiger partial charge in [-0.1, -0.05) is 0 Å². The molecule has 1 radical (unpaired) electrons. The lowest BCUT2D eigenvalue weighted by molar-refractivity contribution is -0.141. The first-order chi connectivity index (χ1) is 4.79. The third-order valence-corrected chi connectivity index (χ3v) is 1.56. The molecule has 0 aromatic rings. The standard InChI is InChI=1S/C7H12NO2/c1-6(9)10-5-7-3-2-4-8-7/h7H,2-5H2,1H3. The van der Waals surface area contributed by atoms with E-state index in [0.29, 0.717) is 6.61 Å². The van der Waals surface area contributed by atoms with Crippen molar-refractivity contribution in [3.63, 3.8) is 0 Å². The molecule has 0 bridgehead atoms. The molecular weight excluding hydrogens is 130 g/mol. The van der Waals surface area contributed by atoms with E-state index in [2.05, 4.69) is 5.32 Å². The molecule has 57 valence electrons. The molecule has 0 spiro atoms. The van der Waals surface area contributed by atoms with Crippen LogP contribution in [0.2, 0.25) is 0 Å². The molecule has 1 saturated heterocycles. The van der Waals surface area contributed by atoms with Gasteiger partial charge < -0.3 is 4.74 Å². The predicted octanol–water partition coefficient (Wildman–Crippen LogP) is 0.316. The normalized spacial score (nSPS) is 24.7. The molecule has 3 heteroatoms. The van der Waals surface area contributed by atoms with Gasteiger partial charge in [0.1, 0.15) is 6.61 Å². The third kappa shape index (κ3) is 2.35. The van der Waals surface area contributed by atoms with Crippen LogP contribution < -0.4 is 5.32 Å². The fourth-order valence-electron chi connectivity index (χ4n) is 1.04. The Balaban J connectivity index is 2.07. The summed E-state index contributed by atoms with van der Waals surface area (Å²) in [6.45, 7) is 2.84. The Hall–Kier alpha value is -0.570. The zero-order chi connectivity index (χ0) is 7.40. The van der Waals surface area contributed by atoms with Gasteiger partial charge in [0.25, 0.3) is 0 Å². The maximum absolute atomic E-state index is 10.3. The van der Waals surface area contributed by atoms with Gasteiger partial charge in [-0.05, 0) is 12.8 Å². The second kappa shape index (κ2) is 3.56. The van der Waals surface area contributed by atoms with E-state index in [4.69, 9.17) is 4.74 Å². The molecule has 1 atom stereocenters. The second-order valence-electron chi connectivity index (χ2n) is 2.50. The minimum atomic E-state index is -0.206. The van der Waals surface area contributed by atoms with E-state index in [1.165, 1.54) is 6.92 Å². The summed E-state index contributed by atoms with van der Waals surface area (Å²) in [7, 11) is 0. The van der Waals surface area contributed by atoms with Crippen LogP contribution in [0, 0.1) is 0 Å². The summed E-state index contributed by atoms with van der Waals surface area (Å²) in [6.07, 6.45) is 2.22. The number of rotatable bonds is 2. The molecule has 0 aliphatic carbocycles. The van der Waals surface area contributed by atoms with Crippen molar-refractivity contribution in [2.24, 2.45) is 0 Å². The minimum absolute atomic E-state index is 0.206. The predicted molar refractivity (Wildman–Crippen MR) is 36.7 cm³/mol. The van der Waals surface area contributed by atoms with E-state index in [1.54, 1.807) is 0 Å². The van der Waals surface area contributed by atoms with Crippen molar-refractivity contribution < 1.29 is 9.53 Å². The van der Waals surface area contributed by atoms with Gasteiger partial charge in [0, 0.05) is 13.5 Å². The Morgan fingerprint density at radius 3 is 3.10 bits per heavy atom. The summed E-state index contributed by atoms with van der Waals surface area (Å²) in [5.74, 6) is -0.206. The smallest absolute Gasteiger partial charge is 0.302 e. The Morgan fingerprint density at radius 2 is 2.60 bits per heavy atom. The number of hydrogen-bond donors (Lipinski definition) is 0. The Labute approximate surface area is 60.7 Å². The number of esters is 1. The van der Waals surface area contributed by atoms with Crippen LogP contribution in [0.4, 0.5) is 0 Å². The Kier molecular flexibility index (Phi) is 2.68. The van der Waals surface area contributed by atoms with Crippen LogP contribution in [0.25, 0.3) is 0 Å². The van der Waals surface area contributed by atoms with Crippen LogP contribution >= 0.6 is 0 Å². The first-order valence-electron chi connectivity index (χ1n) is 3.59. The molecule has 1 heterocycles. The monoisotopic (exact) mass is 142 g/mol. The molecule has 0 aromatic carbocycles. The van der Waals surface area contributed by atoms with Gasteiger partial charge in [0.05, 0.1) is 6.04 Å². The van der Waals surface area contributed by atoms with Gasteiger partial charge in [-0.2, -0.15) is 0 Å². The highest BCUT2D eigenvalue weighted by Gasteiger charge is 2.15. The van der Waals surface area contributed by atoms with Crippen molar-refractivity contribution in [3.8, 4) is 0 Å². The first kappa shape index (κ1) is 7.54. The maximum atomic E-state index is 10.3. The third-order valence-electron chi connectivity index (χ3n) is 1.56.